The molecule has 1 aliphatic rings. The normalized spacial score (nSPS) is 15.1. The number of fused-ring (bicyclic) bond motifs is 1. The minimum absolute atomic E-state index is 0.00773. The number of amidine groups is 1. The fourth-order valence-corrected chi connectivity index (χ4v) is 3.17. The summed E-state index contributed by atoms with van der Waals surface area (Å²) >= 11 is 5.82. The molecular formula is C19H18ClF3N4O2. The summed E-state index contributed by atoms with van der Waals surface area (Å²) in [6.07, 6.45) is 2.60. The second-order valence-corrected chi connectivity index (χ2v) is 6.68. The number of pyridine rings is 1. The van der Waals surface area contributed by atoms with Crippen molar-refractivity contribution in [3.8, 4) is 0 Å². The minimum atomic E-state index is -2.78. The van der Waals surface area contributed by atoms with Gasteiger partial charge in [-0.25, -0.2) is 9.37 Å². The van der Waals surface area contributed by atoms with Crippen molar-refractivity contribution in [1.82, 2.24) is 4.98 Å². The molecule has 29 heavy (non-hydrogen) atoms. The van der Waals surface area contributed by atoms with Gasteiger partial charge in [-0.3, -0.25) is 4.99 Å². The van der Waals surface area contributed by atoms with Crippen LogP contribution in [0.25, 0.3) is 0 Å². The summed E-state index contributed by atoms with van der Waals surface area (Å²) in [4.78, 5) is 8.61. The van der Waals surface area contributed by atoms with Gasteiger partial charge in [0.1, 0.15) is 17.5 Å². The van der Waals surface area contributed by atoms with Gasteiger partial charge < -0.3 is 15.3 Å². The van der Waals surface area contributed by atoms with Crippen molar-refractivity contribution < 1.29 is 23.1 Å². The smallest absolute Gasteiger partial charge is 0.345 e. The van der Waals surface area contributed by atoms with Gasteiger partial charge >= 0.3 is 6.61 Å². The van der Waals surface area contributed by atoms with Crippen molar-refractivity contribution in [2.24, 2.45) is 10.1 Å². The standard InChI is InChI=1S/C19H18ClF3N4O2/c20-14-8-11(2-3-15(14)21)9-16(27-28)12-4-6-25-18-13(12)10-17(26-18)24-5-1-7-29-19(22)23/h2-4,6,8,19,28H,1,5,7,9-10H2,(H,24,25,26)/b27-16+. The molecule has 2 N–H and O–H groups in total. The van der Waals surface area contributed by atoms with Gasteiger partial charge in [-0.1, -0.05) is 22.8 Å². The Bertz CT molecular complexity index is 938. The average Bonchev–Trinajstić information content (AvgIpc) is 3.11. The summed E-state index contributed by atoms with van der Waals surface area (Å²) in [5.41, 5.74) is 2.54. The molecule has 0 aliphatic carbocycles. The molecule has 0 fully saturated rings. The Balaban J connectivity index is 1.71. The molecule has 0 radical (unpaired) electrons. The van der Waals surface area contributed by atoms with Crippen molar-refractivity contribution >= 4 is 29.0 Å². The van der Waals surface area contributed by atoms with Crippen LogP contribution in [0.2, 0.25) is 5.02 Å². The molecule has 1 aromatic carbocycles. The van der Waals surface area contributed by atoms with Crippen LogP contribution in [0.15, 0.2) is 40.6 Å². The van der Waals surface area contributed by atoms with Crippen LogP contribution >= 0.6 is 11.6 Å². The molecule has 0 saturated heterocycles. The highest BCUT2D eigenvalue weighted by Gasteiger charge is 2.23. The Labute approximate surface area is 170 Å². The van der Waals surface area contributed by atoms with E-state index in [0.717, 1.165) is 5.56 Å². The monoisotopic (exact) mass is 426 g/mol. The van der Waals surface area contributed by atoms with Crippen LogP contribution in [-0.2, 0) is 17.6 Å². The number of oxime groups is 1. The first kappa shape index (κ1) is 21.1. The van der Waals surface area contributed by atoms with E-state index in [1.54, 1.807) is 18.3 Å². The maximum Gasteiger partial charge on any atom is 0.345 e. The number of aromatic nitrogens is 1. The molecule has 0 amide bonds. The number of alkyl halides is 2. The second kappa shape index (κ2) is 9.71. The Hall–Kier alpha value is -2.65. The quantitative estimate of drug-likeness (QED) is 0.285. The zero-order chi connectivity index (χ0) is 20.8. The molecule has 2 aromatic rings. The van der Waals surface area contributed by atoms with E-state index in [2.05, 4.69) is 25.2 Å². The van der Waals surface area contributed by atoms with Gasteiger partial charge in [-0.2, -0.15) is 8.78 Å². The first-order chi connectivity index (χ1) is 14.0. The summed E-state index contributed by atoms with van der Waals surface area (Å²) in [5, 5.41) is 16.0. The van der Waals surface area contributed by atoms with Crippen LogP contribution < -0.4 is 5.32 Å². The molecule has 1 aromatic heterocycles. The third-order valence-electron chi connectivity index (χ3n) is 4.30. The van der Waals surface area contributed by atoms with Crippen molar-refractivity contribution in [2.45, 2.75) is 25.9 Å². The molecule has 6 nitrogen and oxygen atoms in total. The molecule has 0 saturated carbocycles. The summed E-state index contributed by atoms with van der Waals surface area (Å²) in [5.74, 6) is 0.703. The molecule has 10 heteroatoms. The summed E-state index contributed by atoms with van der Waals surface area (Å²) in [6.45, 7) is -2.53. The van der Waals surface area contributed by atoms with Gasteiger partial charge in [0, 0.05) is 36.7 Å². The summed E-state index contributed by atoms with van der Waals surface area (Å²) in [7, 11) is 0. The fraction of sp³-hybridized carbons (Fsp3) is 0.316. The molecule has 154 valence electrons. The zero-order valence-corrected chi connectivity index (χ0v) is 16.0. The maximum atomic E-state index is 13.4. The third kappa shape index (κ3) is 5.45. The van der Waals surface area contributed by atoms with E-state index < -0.39 is 12.4 Å². The Morgan fingerprint density at radius 3 is 2.90 bits per heavy atom. The summed E-state index contributed by atoms with van der Waals surface area (Å²) < 4.78 is 41.5. The molecular weight excluding hydrogens is 409 g/mol. The number of nitrogens with zero attached hydrogens (tertiary/aromatic N) is 3. The number of benzene rings is 1. The SMILES string of the molecule is O/N=C(\Cc1ccc(F)c(Cl)c1)c1ccnc2c1CC(=NCCCOC(F)F)N2. The lowest BCUT2D eigenvalue weighted by Crippen LogP contribution is -2.10. The van der Waals surface area contributed by atoms with Gasteiger partial charge in [0.05, 0.1) is 17.3 Å². The van der Waals surface area contributed by atoms with E-state index >= 15 is 0 Å². The topological polar surface area (TPSA) is 79.1 Å². The van der Waals surface area contributed by atoms with Crippen molar-refractivity contribution in [3.05, 3.63) is 58.0 Å². The number of hydrogen-bond acceptors (Lipinski definition) is 5. The van der Waals surface area contributed by atoms with Gasteiger partial charge in [0.2, 0.25) is 0 Å². The van der Waals surface area contributed by atoms with Crippen LogP contribution in [0.1, 0.15) is 23.1 Å². The lowest BCUT2D eigenvalue weighted by molar-refractivity contribution is -0.128. The fourth-order valence-electron chi connectivity index (χ4n) is 2.97. The molecule has 0 bridgehead atoms. The minimum Gasteiger partial charge on any atom is -0.411 e. The van der Waals surface area contributed by atoms with Gasteiger partial charge in [-0.05, 0) is 30.2 Å². The van der Waals surface area contributed by atoms with E-state index in [9.17, 15) is 18.4 Å². The number of nitrogens with one attached hydrogen (secondary N) is 1. The van der Waals surface area contributed by atoms with Gasteiger partial charge in [0.25, 0.3) is 0 Å². The molecule has 1 aliphatic heterocycles. The zero-order valence-electron chi connectivity index (χ0n) is 15.2. The number of rotatable bonds is 8. The van der Waals surface area contributed by atoms with Crippen molar-refractivity contribution in [2.75, 3.05) is 18.5 Å². The predicted molar refractivity (Wildman–Crippen MR) is 104 cm³/mol. The summed E-state index contributed by atoms with van der Waals surface area (Å²) in [6, 6.07) is 6.03. The van der Waals surface area contributed by atoms with Crippen molar-refractivity contribution in [3.63, 3.8) is 0 Å². The lowest BCUT2D eigenvalue weighted by Gasteiger charge is -2.09. The van der Waals surface area contributed by atoms with Gasteiger partial charge in [-0.15, -0.1) is 0 Å². The Morgan fingerprint density at radius 1 is 1.34 bits per heavy atom. The van der Waals surface area contributed by atoms with Crippen LogP contribution in [-0.4, -0.2) is 41.5 Å². The third-order valence-corrected chi connectivity index (χ3v) is 4.59. The number of anilines is 1. The highest BCUT2D eigenvalue weighted by molar-refractivity contribution is 6.30. The van der Waals surface area contributed by atoms with E-state index in [1.165, 1.54) is 12.1 Å². The van der Waals surface area contributed by atoms with E-state index in [1.807, 2.05) is 0 Å². The number of ether oxygens (including phenoxy) is 1. The highest BCUT2D eigenvalue weighted by atomic mass is 35.5. The molecule has 3 rings (SSSR count). The number of aliphatic imine (C=N–C) groups is 1. The van der Waals surface area contributed by atoms with E-state index in [-0.39, 0.29) is 18.1 Å². The molecule has 0 atom stereocenters. The predicted octanol–water partition coefficient (Wildman–Crippen LogP) is 4.29. The second-order valence-electron chi connectivity index (χ2n) is 6.27. The van der Waals surface area contributed by atoms with Crippen molar-refractivity contribution in [1.29, 1.82) is 0 Å². The first-order valence-electron chi connectivity index (χ1n) is 8.81. The Morgan fingerprint density at radius 2 is 2.17 bits per heavy atom. The number of halogens is 4. The average molecular weight is 427 g/mol. The van der Waals surface area contributed by atoms with Crippen LogP contribution in [0.3, 0.4) is 0 Å². The number of hydrogen-bond donors (Lipinski definition) is 2. The molecule has 2 heterocycles. The first-order valence-corrected chi connectivity index (χ1v) is 9.19. The van der Waals surface area contributed by atoms with Gasteiger partial charge in [0.15, 0.2) is 0 Å². The molecule has 0 unspecified atom stereocenters. The molecule has 0 spiro atoms. The van der Waals surface area contributed by atoms with Crippen LogP contribution in [0.5, 0.6) is 0 Å². The van der Waals surface area contributed by atoms with Crippen LogP contribution in [0, 0.1) is 5.82 Å². The highest BCUT2D eigenvalue weighted by Crippen LogP contribution is 2.26. The van der Waals surface area contributed by atoms with Crippen LogP contribution in [0.4, 0.5) is 19.0 Å². The largest absolute Gasteiger partial charge is 0.411 e. The van der Waals surface area contributed by atoms with E-state index in [4.69, 9.17) is 11.6 Å². The Kier molecular flexibility index (Phi) is 7.05. The van der Waals surface area contributed by atoms with E-state index in [0.29, 0.717) is 47.9 Å². The lowest BCUT2D eigenvalue weighted by atomic mass is 9.98. The maximum absolute atomic E-state index is 13.4.